The van der Waals surface area contributed by atoms with Crippen molar-refractivity contribution in [1.82, 2.24) is 24.8 Å². The molecule has 0 saturated carbocycles. The molecule has 0 bridgehead atoms. The molecular formula is C25H34FN5O5. The maximum atomic E-state index is 14.8. The lowest BCUT2D eigenvalue weighted by Crippen LogP contribution is -2.42. The zero-order valence-corrected chi connectivity index (χ0v) is 21.1. The first kappa shape index (κ1) is 26.0. The van der Waals surface area contributed by atoms with Gasteiger partial charge in [0.25, 0.3) is 0 Å². The number of hydrogen-bond donors (Lipinski definition) is 0. The normalized spacial score (nSPS) is 17.3. The summed E-state index contributed by atoms with van der Waals surface area (Å²) in [6.07, 6.45) is 4.09. The predicted octanol–water partition coefficient (Wildman–Crippen LogP) is 3.37. The van der Waals surface area contributed by atoms with Crippen LogP contribution in [0.4, 0.5) is 9.18 Å². The topological polar surface area (TPSA) is 99.1 Å². The minimum absolute atomic E-state index is 0.00477. The molecular weight excluding hydrogens is 469 g/mol. The van der Waals surface area contributed by atoms with Gasteiger partial charge >= 0.3 is 6.09 Å². The molecule has 4 rings (SSSR count). The fourth-order valence-electron chi connectivity index (χ4n) is 4.10. The van der Waals surface area contributed by atoms with Crippen LogP contribution in [0, 0.1) is 12.7 Å². The molecule has 2 aromatic heterocycles. The van der Waals surface area contributed by atoms with Crippen molar-refractivity contribution in [3.05, 3.63) is 35.7 Å². The van der Waals surface area contributed by atoms with Gasteiger partial charge < -0.3 is 23.8 Å². The minimum atomic E-state index is -0.497. The van der Waals surface area contributed by atoms with Crippen molar-refractivity contribution in [2.24, 2.45) is 0 Å². The monoisotopic (exact) mass is 503 g/mol. The fourth-order valence-corrected chi connectivity index (χ4v) is 4.10. The Hall–Kier alpha value is -3.05. The number of rotatable bonds is 8. The molecule has 196 valence electrons. The molecule has 0 unspecified atom stereocenters. The van der Waals surface area contributed by atoms with E-state index in [4.69, 9.17) is 18.9 Å². The highest BCUT2D eigenvalue weighted by molar-refractivity contribution is 5.67. The van der Waals surface area contributed by atoms with E-state index in [1.165, 1.54) is 18.6 Å². The average molecular weight is 504 g/mol. The highest BCUT2D eigenvalue weighted by Gasteiger charge is 2.26. The van der Waals surface area contributed by atoms with Gasteiger partial charge in [-0.15, -0.1) is 0 Å². The molecule has 11 heteroatoms. The molecule has 2 aliphatic rings. The van der Waals surface area contributed by atoms with Gasteiger partial charge in [0.15, 0.2) is 11.6 Å². The van der Waals surface area contributed by atoms with Crippen LogP contribution in [0.1, 0.15) is 37.9 Å². The summed E-state index contributed by atoms with van der Waals surface area (Å²) in [5, 5.41) is 0. The Morgan fingerprint density at radius 1 is 1.14 bits per heavy atom. The van der Waals surface area contributed by atoms with E-state index in [-0.39, 0.29) is 29.9 Å². The van der Waals surface area contributed by atoms with E-state index in [1.807, 2.05) is 13.8 Å². The molecule has 0 spiro atoms. The molecule has 2 saturated heterocycles. The van der Waals surface area contributed by atoms with Crippen molar-refractivity contribution < 1.29 is 28.1 Å². The maximum absolute atomic E-state index is 14.8. The standard InChI is InChI=1S/C25H34FN5O5/c1-17(2)34-25(32)31-8-5-20(6-9-31)35-23-18(3)24(29-16-28-23)36-22-15-27-19(14-21(22)26)4-7-30-10-12-33-13-11-30/h14-17,20H,4-13H2,1-3H3. The van der Waals surface area contributed by atoms with E-state index in [0.29, 0.717) is 49.5 Å². The molecule has 36 heavy (non-hydrogen) atoms. The first-order valence-corrected chi connectivity index (χ1v) is 12.4. The number of morpholine rings is 1. The van der Waals surface area contributed by atoms with E-state index in [9.17, 15) is 9.18 Å². The highest BCUT2D eigenvalue weighted by atomic mass is 19.1. The van der Waals surface area contributed by atoms with E-state index < -0.39 is 5.82 Å². The van der Waals surface area contributed by atoms with Gasteiger partial charge in [-0.25, -0.2) is 19.2 Å². The smallest absolute Gasteiger partial charge is 0.410 e. The van der Waals surface area contributed by atoms with Crippen molar-refractivity contribution in [2.45, 2.75) is 52.2 Å². The third kappa shape index (κ3) is 7.01. The van der Waals surface area contributed by atoms with Crippen molar-refractivity contribution in [2.75, 3.05) is 45.9 Å². The molecule has 0 aliphatic carbocycles. The van der Waals surface area contributed by atoms with Crippen LogP contribution < -0.4 is 9.47 Å². The summed E-state index contributed by atoms with van der Waals surface area (Å²) in [5.74, 6) is 0.0800. The number of pyridine rings is 1. The average Bonchev–Trinajstić information content (AvgIpc) is 2.87. The molecule has 4 heterocycles. The number of carbonyl (C=O) groups is 1. The molecule has 0 radical (unpaired) electrons. The Balaban J connectivity index is 1.32. The van der Waals surface area contributed by atoms with Gasteiger partial charge in [-0.05, 0) is 26.8 Å². The van der Waals surface area contributed by atoms with Crippen LogP contribution in [0.5, 0.6) is 17.5 Å². The molecule has 2 aromatic rings. The minimum Gasteiger partial charge on any atom is -0.474 e. The number of halogens is 1. The second-order valence-electron chi connectivity index (χ2n) is 9.26. The summed E-state index contributed by atoms with van der Waals surface area (Å²) in [6.45, 7) is 10.5. The highest BCUT2D eigenvalue weighted by Crippen LogP contribution is 2.30. The SMILES string of the molecule is Cc1c(Oc2cnc(CCN3CCOCC3)cc2F)ncnc1OC1CCN(C(=O)OC(C)C)CC1. The van der Waals surface area contributed by atoms with Crippen LogP contribution in [-0.2, 0) is 15.9 Å². The third-order valence-corrected chi connectivity index (χ3v) is 6.18. The van der Waals surface area contributed by atoms with Crippen LogP contribution in [0.25, 0.3) is 0 Å². The first-order chi connectivity index (χ1) is 17.4. The predicted molar refractivity (Wildman–Crippen MR) is 129 cm³/mol. The number of nitrogens with zero attached hydrogens (tertiary/aromatic N) is 5. The van der Waals surface area contributed by atoms with Gasteiger partial charge in [0.2, 0.25) is 11.8 Å². The number of ether oxygens (including phenoxy) is 4. The van der Waals surface area contributed by atoms with Crippen LogP contribution in [0.15, 0.2) is 18.6 Å². The van der Waals surface area contributed by atoms with Gasteiger partial charge in [0, 0.05) is 57.7 Å². The van der Waals surface area contributed by atoms with Crippen LogP contribution in [0.2, 0.25) is 0 Å². The summed E-state index contributed by atoms with van der Waals surface area (Å²) in [4.78, 5) is 28.8. The van der Waals surface area contributed by atoms with Crippen molar-refractivity contribution in [3.63, 3.8) is 0 Å². The Morgan fingerprint density at radius 3 is 2.56 bits per heavy atom. The zero-order chi connectivity index (χ0) is 25.5. The molecule has 0 N–H and O–H groups in total. The maximum Gasteiger partial charge on any atom is 0.410 e. The van der Waals surface area contributed by atoms with Crippen molar-refractivity contribution >= 4 is 6.09 Å². The Kier molecular flexibility index (Phi) is 8.87. The first-order valence-electron chi connectivity index (χ1n) is 12.4. The molecule has 0 aromatic carbocycles. The summed E-state index contributed by atoms with van der Waals surface area (Å²) < 4.78 is 37.2. The lowest BCUT2D eigenvalue weighted by molar-refractivity contribution is 0.0383. The van der Waals surface area contributed by atoms with E-state index in [2.05, 4.69) is 19.9 Å². The number of aromatic nitrogens is 3. The number of amides is 1. The van der Waals surface area contributed by atoms with E-state index in [1.54, 1.807) is 11.8 Å². The van der Waals surface area contributed by atoms with Crippen molar-refractivity contribution in [1.29, 1.82) is 0 Å². The fraction of sp³-hybridized carbons (Fsp3) is 0.600. The Labute approximate surface area is 210 Å². The molecule has 2 aliphatic heterocycles. The zero-order valence-electron chi connectivity index (χ0n) is 21.1. The molecule has 10 nitrogen and oxygen atoms in total. The quantitative estimate of drug-likeness (QED) is 0.537. The summed E-state index contributed by atoms with van der Waals surface area (Å²) in [6, 6.07) is 1.40. The third-order valence-electron chi connectivity index (χ3n) is 6.18. The van der Waals surface area contributed by atoms with Gasteiger partial charge in [0.05, 0.1) is 31.1 Å². The largest absolute Gasteiger partial charge is 0.474 e. The number of hydrogen-bond acceptors (Lipinski definition) is 9. The van der Waals surface area contributed by atoms with E-state index >= 15 is 0 Å². The summed E-state index contributed by atoms with van der Waals surface area (Å²) in [5.41, 5.74) is 1.23. The van der Waals surface area contributed by atoms with Crippen LogP contribution >= 0.6 is 0 Å². The molecule has 1 amide bonds. The van der Waals surface area contributed by atoms with Crippen LogP contribution in [0.3, 0.4) is 0 Å². The second-order valence-corrected chi connectivity index (χ2v) is 9.26. The lowest BCUT2D eigenvalue weighted by Gasteiger charge is -2.31. The number of piperidine rings is 1. The van der Waals surface area contributed by atoms with Gasteiger partial charge in [-0.3, -0.25) is 9.88 Å². The molecule has 2 fully saturated rings. The second kappa shape index (κ2) is 12.3. The Morgan fingerprint density at radius 2 is 1.86 bits per heavy atom. The molecule has 0 atom stereocenters. The van der Waals surface area contributed by atoms with Crippen molar-refractivity contribution in [3.8, 4) is 17.5 Å². The van der Waals surface area contributed by atoms with Gasteiger partial charge in [0.1, 0.15) is 12.4 Å². The summed E-state index contributed by atoms with van der Waals surface area (Å²) >= 11 is 0. The van der Waals surface area contributed by atoms with Gasteiger partial charge in [-0.1, -0.05) is 0 Å². The van der Waals surface area contributed by atoms with Gasteiger partial charge in [-0.2, -0.15) is 0 Å². The summed E-state index contributed by atoms with van der Waals surface area (Å²) in [7, 11) is 0. The lowest BCUT2D eigenvalue weighted by atomic mass is 10.1. The number of carbonyl (C=O) groups excluding carboxylic acids is 1. The van der Waals surface area contributed by atoms with Crippen LogP contribution in [-0.4, -0.2) is 89.0 Å². The van der Waals surface area contributed by atoms with E-state index in [0.717, 1.165) is 32.8 Å². The number of likely N-dealkylation sites (tertiary alicyclic amines) is 1. The Bertz CT molecular complexity index is 1030.